The Kier molecular flexibility index (Phi) is 5.53. The molecule has 0 spiro atoms. The fraction of sp³-hybridized carbons (Fsp3) is 0.0250. The molecule has 1 unspecified atom stereocenters. The van der Waals surface area contributed by atoms with Crippen LogP contribution in [-0.2, 0) is 0 Å². The molecule has 0 saturated carbocycles. The molecule has 1 atom stereocenters. The van der Waals surface area contributed by atoms with E-state index < -0.39 is 0 Å². The predicted octanol–water partition coefficient (Wildman–Crippen LogP) is 9.48. The van der Waals surface area contributed by atoms with Gasteiger partial charge in [0.05, 0.1) is 28.1 Å². The molecular formula is C40H28N4. The third kappa shape index (κ3) is 3.74. The zero-order valence-corrected chi connectivity index (χ0v) is 23.9. The van der Waals surface area contributed by atoms with Crippen molar-refractivity contribution in [1.82, 2.24) is 14.5 Å². The number of aliphatic imine (C=N–C) groups is 1. The monoisotopic (exact) mass is 564 g/mol. The molecule has 8 aromatic rings. The molecule has 44 heavy (non-hydrogen) atoms. The van der Waals surface area contributed by atoms with Gasteiger partial charge in [0.1, 0.15) is 11.7 Å². The van der Waals surface area contributed by atoms with Crippen LogP contribution in [0.4, 0.5) is 0 Å². The molecule has 4 nitrogen and oxygen atoms in total. The first-order chi connectivity index (χ1) is 21.8. The predicted molar refractivity (Wildman–Crippen MR) is 183 cm³/mol. The summed E-state index contributed by atoms with van der Waals surface area (Å²) in [6.07, 6.45) is 2.27. The summed E-state index contributed by atoms with van der Waals surface area (Å²) in [6, 6.07) is 53.7. The van der Waals surface area contributed by atoms with Gasteiger partial charge in [-0.15, -0.1) is 0 Å². The van der Waals surface area contributed by atoms with Gasteiger partial charge >= 0.3 is 0 Å². The minimum absolute atomic E-state index is 0.0417. The first-order valence-electron chi connectivity index (χ1n) is 15.0. The van der Waals surface area contributed by atoms with Gasteiger partial charge in [0.25, 0.3) is 0 Å². The highest BCUT2D eigenvalue weighted by Crippen LogP contribution is 2.42. The van der Waals surface area contributed by atoms with Gasteiger partial charge in [-0.3, -0.25) is 4.57 Å². The molecule has 1 aliphatic heterocycles. The number of nitrogens with one attached hydrogen (secondary N) is 1. The van der Waals surface area contributed by atoms with E-state index in [4.69, 9.17) is 4.99 Å². The number of rotatable bonds is 4. The van der Waals surface area contributed by atoms with E-state index in [0.717, 1.165) is 28.4 Å². The lowest BCUT2D eigenvalue weighted by Gasteiger charge is -2.25. The van der Waals surface area contributed by atoms with Crippen molar-refractivity contribution in [3.63, 3.8) is 0 Å². The maximum Gasteiger partial charge on any atom is 0.138 e. The summed E-state index contributed by atoms with van der Waals surface area (Å²) in [5.41, 5.74) is 8.08. The Morgan fingerprint density at radius 1 is 0.500 bits per heavy atom. The van der Waals surface area contributed by atoms with Crippen molar-refractivity contribution in [2.24, 2.45) is 4.99 Å². The van der Waals surface area contributed by atoms with Crippen molar-refractivity contribution < 1.29 is 0 Å². The van der Waals surface area contributed by atoms with Gasteiger partial charge in [0.15, 0.2) is 0 Å². The van der Waals surface area contributed by atoms with E-state index in [9.17, 15) is 0 Å². The van der Waals surface area contributed by atoms with Crippen LogP contribution in [0.1, 0.15) is 17.2 Å². The van der Waals surface area contributed by atoms with Gasteiger partial charge < -0.3 is 9.88 Å². The van der Waals surface area contributed by atoms with E-state index in [0.29, 0.717) is 0 Å². The maximum atomic E-state index is 5.35. The lowest BCUT2D eigenvalue weighted by Crippen LogP contribution is -2.31. The Morgan fingerprint density at radius 3 is 1.86 bits per heavy atom. The third-order valence-corrected chi connectivity index (χ3v) is 8.75. The molecule has 0 aliphatic carbocycles. The molecule has 9 rings (SSSR count). The van der Waals surface area contributed by atoms with Gasteiger partial charge in [0.2, 0.25) is 0 Å². The topological polar surface area (TPSA) is 34.2 Å². The molecule has 1 aliphatic rings. The molecule has 1 N–H and O–H groups in total. The number of hydrogen-bond acceptors (Lipinski definition) is 2. The van der Waals surface area contributed by atoms with E-state index in [-0.39, 0.29) is 6.04 Å². The first kappa shape index (κ1) is 24.7. The molecule has 0 amide bonds. The highest BCUT2D eigenvalue weighted by Gasteiger charge is 2.25. The van der Waals surface area contributed by atoms with Crippen LogP contribution in [0.25, 0.3) is 55.1 Å². The molecule has 0 bridgehead atoms. The molecular weight excluding hydrogens is 536 g/mol. The SMILES string of the molecule is C1=C(n2c3ccccc3c3ccc4c(c5ccccc5n4-c4ccccc4)c32)N=C(c2ccccc2)NC1c1ccccc1. The Labute approximate surface area is 254 Å². The number of para-hydroxylation sites is 3. The minimum atomic E-state index is -0.0417. The quantitative estimate of drug-likeness (QED) is 0.227. The van der Waals surface area contributed by atoms with Gasteiger partial charge in [-0.05, 0) is 42.0 Å². The van der Waals surface area contributed by atoms with Gasteiger partial charge in [-0.25, -0.2) is 4.99 Å². The molecule has 4 heteroatoms. The second-order valence-electron chi connectivity index (χ2n) is 11.3. The fourth-order valence-corrected chi connectivity index (χ4v) is 6.83. The van der Waals surface area contributed by atoms with Crippen LogP contribution < -0.4 is 5.32 Å². The fourth-order valence-electron chi connectivity index (χ4n) is 6.83. The Hall–Kier alpha value is -5.87. The summed E-state index contributed by atoms with van der Waals surface area (Å²) >= 11 is 0. The van der Waals surface area contributed by atoms with Crippen LogP contribution in [0, 0.1) is 0 Å². The molecule has 0 fully saturated rings. The standard InChI is InChI=1S/C40H28N4/c1-4-14-27(15-5-1)33-26-37(42-40(41-33)28-16-6-2-7-17-28)44-34-22-12-10-20-30(34)31-24-25-36-38(39(31)44)32-21-11-13-23-35(32)43(36)29-18-8-3-9-19-29/h1-26,33H,(H,41,42). The average molecular weight is 565 g/mol. The van der Waals surface area contributed by atoms with Crippen LogP contribution in [0.2, 0.25) is 0 Å². The van der Waals surface area contributed by atoms with Crippen molar-refractivity contribution >= 4 is 55.3 Å². The molecule has 0 saturated heterocycles. The van der Waals surface area contributed by atoms with Crippen LogP contribution in [0.15, 0.2) is 163 Å². The Morgan fingerprint density at radius 2 is 1.11 bits per heavy atom. The van der Waals surface area contributed by atoms with Gasteiger partial charge in [0, 0.05) is 32.8 Å². The highest BCUT2D eigenvalue weighted by molar-refractivity contribution is 6.26. The number of aromatic nitrogens is 2. The molecule has 0 radical (unpaired) electrons. The second kappa shape index (κ2) is 9.85. The zero-order valence-electron chi connectivity index (χ0n) is 23.9. The molecule has 208 valence electrons. The maximum absolute atomic E-state index is 5.35. The second-order valence-corrected chi connectivity index (χ2v) is 11.3. The van der Waals surface area contributed by atoms with E-state index in [1.165, 1.54) is 43.7 Å². The number of nitrogens with zero attached hydrogens (tertiary/aromatic N) is 3. The number of fused-ring (bicyclic) bond motifs is 7. The van der Waals surface area contributed by atoms with Crippen LogP contribution in [-0.4, -0.2) is 15.0 Å². The largest absolute Gasteiger partial charge is 0.359 e. The van der Waals surface area contributed by atoms with Crippen molar-refractivity contribution in [3.05, 3.63) is 169 Å². The smallest absolute Gasteiger partial charge is 0.138 e. The van der Waals surface area contributed by atoms with Gasteiger partial charge in [-0.2, -0.15) is 0 Å². The summed E-state index contributed by atoms with van der Waals surface area (Å²) < 4.78 is 4.77. The first-order valence-corrected chi connectivity index (χ1v) is 15.0. The third-order valence-electron chi connectivity index (χ3n) is 8.75. The lowest BCUT2D eigenvalue weighted by molar-refractivity contribution is 0.773. The molecule has 3 heterocycles. The number of hydrogen-bond donors (Lipinski definition) is 1. The van der Waals surface area contributed by atoms with E-state index >= 15 is 0 Å². The van der Waals surface area contributed by atoms with Crippen molar-refractivity contribution in [1.29, 1.82) is 0 Å². The van der Waals surface area contributed by atoms with E-state index in [2.05, 4.69) is 166 Å². The normalized spacial score (nSPS) is 15.0. The summed E-state index contributed by atoms with van der Waals surface area (Å²) in [5, 5.41) is 8.61. The number of amidine groups is 1. The van der Waals surface area contributed by atoms with Gasteiger partial charge in [-0.1, -0.05) is 121 Å². The Balaban J connectivity index is 1.42. The van der Waals surface area contributed by atoms with Crippen LogP contribution in [0.5, 0.6) is 0 Å². The van der Waals surface area contributed by atoms with Crippen LogP contribution in [0.3, 0.4) is 0 Å². The van der Waals surface area contributed by atoms with E-state index in [1.807, 2.05) is 6.07 Å². The number of benzene rings is 6. The van der Waals surface area contributed by atoms with E-state index in [1.54, 1.807) is 0 Å². The van der Waals surface area contributed by atoms with Crippen molar-refractivity contribution in [2.75, 3.05) is 0 Å². The summed E-state index contributed by atoms with van der Waals surface area (Å²) in [4.78, 5) is 5.35. The van der Waals surface area contributed by atoms with Crippen molar-refractivity contribution in [3.8, 4) is 5.69 Å². The van der Waals surface area contributed by atoms with Crippen molar-refractivity contribution in [2.45, 2.75) is 6.04 Å². The highest BCUT2D eigenvalue weighted by atomic mass is 15.2. The van der Waals surface area contributed by atoms with Crippen LogP contribution >= 0.6 is 0 Å². The molecule has 2 aromatic heterocycles. The minimum Gasteiger partial charge on any atom is -0.359 e. The summed E-state index contributed by atoms with van der Waals surface area (Å²) in [6.45, 7) is 0. The summed E-state index contributed by atoms with van der Waals surface area (Å²) in [5.74, 6) is 1.77. The zero-order chi connectivity index (χ0) is 29.0. The Bertz CT molecular complexity index is 2400. The summed E-state index contributed by atoms with van der Waals surface area (Å²) in [7, 11) is 0. The average Bonchev–Trinajstić information content (AvgIpc) is 3.62. The molecule has 6 aromatic carbocycles. The lowest BCUT2D eigenvalue weighted by atomic mass is 10.0.